The highest BCUT2D eigenvalue weighted by molar-refractivity contribution is 9.10. The molecule has 0 radical (unpaired) electrons. The van der Waals surface area contributed by atoms with Crippen LogP contribution in [0.25, 0.3) is 5.76 Å². The van der Waals surface area contributed by atoms with Crippen molar-refractivity contribution in [3.8, 4) is 0 Å². The fourth-order valence-electron chi connectivity index (χ4n) is 3.20. The molecule has 7 heteroatoms. The van der Waals surface area contributed by atoms with Crippen molar-refractivity contribution in [3.63, 3.8) is 0 Å². The Morgan fingerprint density at radius 2 is 1.79 bits per heavy atom. The summed E-state index contributed by atoms with van der Waals surface area (Å²) in [4.78, 5) is 28.7. The lowest BCUT2D eigenvalue weighted by Gasteiger charge is -2.26. The van der Waals surface area contributed by atoms with Crippen LogP contribution in [-0.2, 0) is 9.59 Å². The molecule has 1 unspecified atom stereocenters. The van der Waals surface area contributed by atoms with Crippen LogP contribution in [0.4, 0.5) is 4.39 Å². The van der Waals surface area contributed by atoms with Gasteiger partial charge < -0.3 is 14.9 Å². The number of hydrogen-bond donors (Lipinski definition) is 1. The molecule has 3 rings (SSSR count). The number of likely N-dealkylation sites (tertiary alicyclic amines) is 1. The highest BCUT2D eigenvalue weighted by Gasteiger charge is 2.46. The Labute approximate surface area is 171 Å². The lowest BCUT2D eigenvalue weighted by atomic mass is 9.95. The van der Waals surface area contributed by atoms with Gasteiger partial charge in [-0.25, -0.2) is 4.39 Å². The number of ketones is 1. The molecule has 0 bridgehead atoms. The molecular weight excluding hydrogens is 427 g/mol. The van der Waals surface area contributed by atoms with Gasteiger partial charge in [0.2, 0.25) is 0 Å². The first-order chi connectivity index (χ1) is 13.3. The molecule has 0 aromatic heterocycles. The third-order valence-corrected chi connectivity index (χ3v) is 5.17. The molecule has 1 N–H and O–H groups in total. The minimum absolute atomic E-state index is 0.101. The first-order valence-corrected chi connectivity index (χ1v) is 9.54. The second-order valence-corrected chi connectivity index (χ2v) is 7.74. The lowest BCUT2D eigenvalue weighted by molar-refractivity contribution is -0.140. The van der Waals surface area contributed by atoms with Gasteiger partial charge in [-0.1, -0.05) is 46.3 Å². The molecule has 1 heterocycles. The van der Waals surface area contributed by atoms with Gasteiger partial charge >= 0.3 is 0 Å². The SMILES string of the molecule is CN(C)CCN1C(=O)C(=O)/C(=C(\O)c2ccc(Br)cc2)C1c1ccccc1F. The zero-order valence-corrected chi connectivity index (χ0v) is 17.1. The Bertz CT molecular complexity index is 941. The highest BCUT2D eigenvalue weighted by atomic mass is 79.9. The summed E-state index contributed by atoms with van der Waals surface area (Å²) in [5.41, 5.74) is 0.463. The van der Waals surface area contributed by atoms with Gasteiger partial charge in [-0.3, -0.25) is 9.59 Å². The molecule has 0 aliphatic carbocycles. The summed E-state index contributed by atoms with van der Waals surface area (Å²) < 4.78 is 15.4. The van der Waals surface area contributed by atoms with Gasteiger partial charge in [0.05, 0.1) is 11.6 Å². The van der Waals surface area contributed by atoms with E-state index in [4.69, 9.17) is 0 Å². The standard InChI is InChI=1S/C21H20BrFN2O3/c1-24(2)11-12-25-18(15-5-3-4-6-16(15)23)17(20(27)21(25)28)19(26)13-7-9-14(22)10-8-13/h3-10,18,26H,11-12H2,1-2H3/b19-17-. The highest BCUT2D eigenvalue weighted by Crippen LogP contribution is 2.40. The summed E-state index contributed by atoms with van der Waals surface area (Å²) in [5.74, 6) is -2.40. The molecule has 1 amide bonds. The number of halogens is 2. The van der Waals surface area contributed by atoms with Crippen LogP contribution in [0.5, 0.6) is 0 Å². The number of amides is 1. The number of benzene rings is 2. The number of carbonyl (C=O) groups is 2. The maximum atomic E-state index is 14.6. The summed E-state index contributed by atoms with van der Waals surface area (Å²) in [6, 6.07) is 11.7. The van der Waals surface area contributed by atoms with Crippen molar-refractivity contribution in [2.75, 3.05) is 27.2 Å². The summed E-state index contributed by atoms with van der Waals surface area (Å²) in [6.45, 7) is 0.726. The number of likely N-dealkylation sites (N-methyl/N-ethyl adjacent to an activating group) is 1. The van der Waals surface area contributed by atoms with Crippen LogP contribution in [0.3, 0.4) is 0 Å². The van der Waals surface area contributed by atoms with E-state index in [-0.39, 0.29) is 23.4 Å². The first kappa shape index (κ1) is 20.2. The molecule has 1 atom stereocenters. The number of carbonyl (C=O) groups excluding carboxylic acids is 2. The maximum Gasteiger partial charge on any atom is 0.295 e. The van der Waals surface area contributed by atoms with Gasteiger partial charge in [0.15, 0.2) is 0 Å². The van der Waals surface area contributed by atoms with E-state index < -0.39 is 23.5 Å². The smallest absolute Gasteiger partial charge is 0.295 e. The zero-order valence-electron chi connectivity index (χ0n) is 15.5. The predicted molar refractivity (Wildman–Crippen MR) is 108 cm³/mol. The Morgan fingerprint density at radius 1 is 1.14 bits per heavy atom. The number of Topliss-reactive ketones (excluding diaryl/α,β-unsaturated/α-hetero) is 1. The number of rotatable bonds is 5. The Morgan fingerprint density at radius 3 is 2.39 bits per heavy atom. The average Bonchev–Trinajstić information content (AvgIpc) is 2.91. The number of nitrogens with zero attached hydrogens (tertiary/aromatic N) is 2. The van der Waals surface area contributed by atoms with Crippen molar-refractivity contribution in [2.45, 2.75) is 6.04 Å². The molecule has 1 aliphatic heterocycles. The van der Waals surface area contributed by atoms with Crippen molar-refractivity contribution >= 4 is 33.4 Å². The Kier molecular flexibility index (Phi) is 5.96. The van der Waals surface area contributed by atoms with Crippen LogP contribution in [-0.4, -0.2) is 53.8 Å². The van der Waals surface area contributed by atoms with Gasteiger partial charge in [0.1, 0.15) is 11.6 Å². The summed E-state index contributed by atoms with van der Waals surface area (Å²) >= 11 is 3.32. The number of aliphatic hydroxyl groups is 1. The van der Waals surface area contributed by atoms with Crippen molar-refractivity contribution < 1.29 is 19.1 Å². The van der Waals surface area contributed by atoms with Crippen molar-refractivity contribution in [3.05, 3.63) is 75.5 Å². The molecule has 146 valence electrons. The lowest BCUT2D eigenvalue weighted by Crippen LogP contribution is -2.35. The van der Waals surface area contributed by atoms with Crippen LogP contribution in [0.1, 0.15) is 17.2 Å². The first-order valence-electron chi connectivity index (χ1n) is 8.74. The van der Waals surface area contributed by atoms with Crippen molar-refractivity contribution in [2.24, 2.45) is 0 Å². The van der Waals surface area contributed by atoms with E-state index in [1.807, 2.05) is 19.0 Å². The molecule has 0 saturated carbocycles. The molecule has 28 heavy (non-hydrogen) atoms. The predicted octanol–water partition coefficient (Wildman–Crippen LogP) is 3.57. The second kappa shape index (κ2) is 8.24. The summed E-state index contributed by atoms with van der Waals surface area (Å²) in [5, 5.41) is 10.8. The van der Waals surface area contributed by atoms with E-state index in [0.29, 0.717) is 12.1 Å². The average molecular weight is 447 g/mol. The number of hydrogen-bond acceptors (Lipinski definition) is 4. The van der Waals surface area contributed by atoms with Gasteiger partial charge in [-0.05, 0) is 32.3 Å². The van der Waals surface area contributed by atoms with Crippen molar-refractivity contribution in [1.29, 1.82) is 0 Å². The van der Waals surface area contributed by atoms with E-state index in [1.165, 1.54) is 17.0 Å². The Balaban J connectivity index is 2.16. The number of aliphatic hydroxyl groups excluding tert-OH is 1. The van der Waals surface area contributed by atoms with Gasteiger partial charge in [0.25, 0.3) is 11.7 Å². The molecule has 1 fully saturated rings. The van der Waals surface area contributed by atoms with Gasteiger partial charge in [0, 0.05) is 28.7 Å². The largest absolute Gasteiger partial charge is 0.507 e. The topological polar surface area (TPSA) is 60.9 Å². The van der Waals surface area contributed by atoms with E-state index in [2.05, 4.69) is 15.9 Å². The van der Waals surface area contributed by atoms with E-state index in [0.717, 1.165) is 4.47 Å². The van der Waals surface area contributed by atoms with Gasteiger partial charge in [-0.2, -0.15) is 0 Å². The van der Waals surface area contributed by atoms with Crippen LogP contribution in [0, 0.1) is 5.82 Å². The van der Waals surface area contributed by atoms with Crippen molar-refractivity contribution in [1.82, 2.24) is 9.80 Å². The molecule has 1 aliphatic rings. The van der Waals surface area contributed by atoms with Crippen LogP contribution >= 0.6 is 15.9 Å². The van der Waals surface area contributed by atoms with Crippen LogP contribution < -0.4 is 0 Å². The second-order valence-electron chi connectivity index (χ2n) is 6.82. The van der Waals surface area contributed by atoms with Crippen LogP contribution in [0.15, 0.2) is 58.6 Å². The summed E-state index contributed by atoms with van der Waals surface area (Å²) in [7, 11) is 3.69. The molecule has 5 nitrogen and oxygen atoms in total. The maximum absolute atomic E-state index is 14.6. The monoisotopic (exact) mass is 446 g/mol. The molecule has 2 aromatic rings. The fraction of sp³-hybridized carbons (Fsp3) is 0.238. The summed E-state index contributed by atoms with van der Waals surface area (Å²) in [6.07, 6.45) is 0. The minimum Gasteiger partial charge on any atom is -0.507 e. The normalized spacial score (nSPS) is 18.9. The molecule has 1 saturated heterocycles. The molecule has 2 aromatic carbocycles. The quantitative estimate of drug-likeness (QED) is 0.433. The third kappa shape index (κ3) is 3.86. The van der Waals surface area contributed by atoms with E-state index in [9.17, 15) is 19.1 Å². The van der Waals surface area contributed by atoms with E-state index >= 15 is 0 Å². The minimum atomic E-state index is -0.982. The third-order valence-electron chi connectivity index (χ3n) is 4.65. The fourth-order valence-corrected chi connectivity index (χ4v) is 3.47. The molecule has 0 spiro atoms. The Hall–Kier alpha value is -2.51. The van der Waals surface area contributed by atoms with E-state index in [1.54, 1.807) is 36.4 Å². The zero-order chi connectivity index (χ0) is 20.4. The molecular formula is C21H20BrFN2O3. The van der Waals surface area contributed by atoms with Gasteiger partial charge in [-0.15, -0.1) is 0 Å². The van der Waals surface area contributed by atoms with Crippen LogP contribution in [0.2, 0.25) is 0 Å².